The second kappa shape index (κ2) is 9.11. The first kappa shape index (κ1) is 17.2. The molecule has 0 heterocycles. The van der Waals surface area contributed by atoms with E-state index in [2.05, 4.69) is 56.4 Å². The van der Waals surface area contributed by atoms with E-state index in [9.17, 15) is 0 Å². The number of benzene rings is 1. The Bertz CT molecular complexity index is 351. The van der Waals surface area contributed by atoms with E-state index in [-0.39, 0.29) is 5.41 Å². The van der Waals surface area contributed by atoms with Gasteiger partial charge in [0.1, 0.15) is 0 Å². The Kier molecular flexibility index (Phi) is 7.82. The lowest BCUT2D eigenvalue weighted by atomic mass is 9.79. The number of methoxy groups -OCH3 is 1. The van der Waals surface area contributed by atoms with Crippen LogP contribution in [-0.2, 0) is 14.9 Å². The first-order valence-electron chi connectivity index (χ1n) is 7.42. The fourth-order valence-electron chi connectivity index (χ4n) is 2.47. The summed E-state index contributed by atoms with van der Waals surface area (Å²) >= 11 is 0. The lowest BCUT2D eigenvalue weighted by molar-refractivity contribution is 0.0709. The number of rotatable bonds is 10. The van der Waals surface area contributed by atoms with Gasteiger partial charge in [-0.3, -0.25) is 0 Å². The third-order valence-corrected chi connectivity index (χ3v) is 3.54. The molecule has 1 aromatic rings. The van der Waals surface area contributed by atoms with Crippen LogP contribution in [0.15, 0.2) is 30.3 Å². The van der Waals surface area contributed by atoms with Gasteiger partial charge in [0, 0.05) is 19.7 Å². The summed E-state index contributed by atoms with van der Waals surface area (Å²) in [6.07, 6.45) is 1.11. The topological polar surface area (TPSA) is 30.5 Å². The van der Waals surface area contributed by atoms with Crippen LogP contribution in [0.3, 0.4) is 0 Å². The van der Waals surface area contributed by atoms with Crippen molar-refractivity contribution in [3.8, 4) is 0 Å². The molecular weight excluding hydrogens is 250 g/mol. The Morgan fingerprint density at radius 1 is 1.10 bits per heavy atom. The van der Waals surface area contributed by atoms with Crippen LogP contribution >= 0.6 is 0 Å². The van der Waals surface area contributed by atoms with Gasteiger partial charge in [-0.2, -0.15) is 0 Å². The van der Waals surface area contributed by atoms with Crippen LogP contribution in [0.1, 0.15) is 32.8 Å². The van der Waals surface area contributed by atoms with Crippen LogP contribution in [0.5, 0.6) is 0 Å². The van der Waals surface area contributed by atoms with Crippen LogP contribution in [-0.4, -0.2) is 39.5 Å². The second-order valence-electron chi connectivity index (χ2n) is 5.91. The average molecular weight is 279 g/mol. The molecule has 114 valence electrons. The molecule has 0 aliphatic heterocycles. The Morgan fingerprint density at radius 2 is 1.80 bits per heavy atom. The summed E-state index contributed by atoms with van der Waals surface area (Å²) in [5.74, 6) is 0. The van der Waals surface area contributed by atoms with Gasteiger partial charge in [0.2, 0.25) is 0 Å². The molecule has 0 fully saturated rings. The van der Waals surface area contributed by atoms with Gasteiger partial charge in [0.15, 0.2) is 0 Å². The lowest BCUT2D eigenvalue weighted by Gasteiger charge is -2.29. The molecule has 0 amide bonds. The quantitative estimate of drug-likeness (QED) is 0.668. The Hall–Kier alpha value is -0.900. The summed E-state index contributed by atoms with van der Waals surface area (Å²) in [5, 5.41) is 3.52. The molecule has 1 unspecified atom stereocenters. The zero-order chi connectivity index (χ0) is 14.8. The van der Waals surface area contributed by atoms with Crippen molar-refractivity contribution in [3.63, 3.8) is 0 Å². The summed E-state index contributed by atoms with van der Waals surface area (Å²) in [5.41, 5.74) is 1.58. The number of hydrogen-bond acceptors (Lipinski definition) is 3. The molecular formula is C17H29NO2. The first-order valence-corrected chi connectivity index (χ1v) is 7.42. The van der Waals surface area contributed by atoms with Gasteiger partial charge in [-0.1, -0.05) is 44.2 Å². The Balaban J connectivity index is 2.26. The van der Waals surface area contributed by atoms with Crippen molar-refractivity contribution in [2.24, 2.45) is 0 Å². The standard InChI is InChI=1S/C17H29NO2/c1-15(18-10-11-20-13-12-19-4)14-17(2,3)16-8-6-5-7-9-16/h5-9,15,18H,10-14H2,1-4H3. The highest BCUT2D eigenvalue weighted by Crippen LogP contribution is 2.27. The van der Waals surface area contributed by atoms with Crippen molar-refractivity contribution < 1.29 is 9.47 Å². The maximum absolute atomic E-state index is 5.45. The minimum absolute atomic E-state index is 0.185. The Labute approximate surface area is 123 Å². The predicted molar refractivity (Wildman–Crippen MR) is 84.2 cm³/mol. The molecule has 0 aliphatic rings. The monoisotopic (exact) mass is 279 g/mol. The van der Waals surface area contributed by atoms with Crippen LogP contribution in [0.25, 0.3) is 0 Å². The van der Waals surface area contributed by atoms with E-state index in [4.69, 9.17) is 9.47 Å². The van der Waals surface area contributed by atoms with Crippen molar-refractivity contribution in [2.75, 3.05) is 33.5 Å². The molecule has 0 saturated carbocycles. The van der Waals surface area contributed by atoms with E-state index in [1.54, 1.807) is 7.11 Å². The molecule has 0 saturated heterocycles. The van der Waals surface area contributed by atoms with Gasteiger partial charge in [-0.15, -0.1) is 0 Å². The zero-order valence-electron chi connectivity index (χ0n) is 13.3. The van der Waals surface area contributed by atoms with E-state index < -0.39 is 0 Å². The minimum atomic E-state index is 0.185. The van der Waals surface area contributed by atoms with Gasteiger partial charge in [-0.25, -0.2) is 0 Å². The predicted octanol–water partition coefficient (Wildman–Crippen LogP) is 3.00. The number of hydrogen-bond donors (Lipinski definition) is 1. The van der Waals surface area contributed by atoms with Gasteiger partial charge in [-0.05, 0) is 24.3 Å². The highest BCUT2D eigenvalue weighted by atomic mass is 16.5. The number of ether oxygens (including phenoxy) is 2. The SMILES string of the molecule is COCCOCCNC(C)CC(C)(C)c1ccccc1. The highest BCUT2D eigenvalue weighted by Gasteiger charge is 2.22. The van der Waals surface area contributed by atoms with E-state index in [1.165, 1.54) is 5.56 Å². The molecule has 0 radical (unpaired) electrons. The maximum atomic E-state index is 5.45. The molecule has 0 spiro atoms. The first-order chi connectivity index (χ1) is 9.56. The minimum Gasteiger partial charge on any atom is -0.382 e. The lowest BCUT2D eigenvalue weighted by Crippen LogP contribution is -2.35. The largest absolute Gasteiger partial charge is 0.382 e. The van der Waals surface area contributed by atoms with Gasteiger partial charge < -0.3 is 14.8 Å². The van der Waals surface area contributed by atoms with Crippen LogP contribution in [0.2, 0.25) is 0 Å². The summed E-state index contributed by atoms with van der Waals surface area (Å²) < 4.78 is 10.4. The van der Waals surface area contributed by atoms with E-state index in [1.807, 2.05) is 0 Å². The zero-order valence-corrected chi connectivity index (χ0v) is 13.3. The second-order valence-corrected chi connectivity index (χ2v) is 5.91. The van der Waals surface area contributed by atoms with Crippen LogP contribution in [0.4, 0.5) is 0 Å². The molecule has 0 aromatic heterocycles. The average Bonchev–Trinajstić information content (AvgIpc) is 2.43. The summed E-state index contributed by atoms with van der Waals surface area (Å²) in [6, 6.07) is 11.2. The Morgan fingerprint density at radius 3 is 2.45 bits per heavy atom. The van der Waals surface area contributed by atoms with Gasteiger partial charge in [0.25, 0.3) is 0 Å². The fourth-order valence-corrected chi connectivity index (χ4v) is 2.47. The molecule has 1 atom stereocenters. The normalized spacial score (nSPS) is 13.4. The van der Waals surface area contributed by atoms with Gasteiger partial charge >= 0.3 is 0 Å². The van der Waals surface area contributed by atoms with Crippen molar-refractivity contribution >= 4 is 0 Å². The highest BCUT2D eigenvalue weighted by molar-refractivity contribution is 5.23. The number of nitrogens with one attached hydrogen (secondary N) is 1. The van der Waals surface area contributed by atoms with Crippen LogP contribution < -0.4 is 5.32 Å². The molecule has 20 heavy (non-hydrogen) atoms. The van der Waals surface area contributed by atoms with Crippen molar-refractivity contribution in [1.29, 1.82) is 0 Å². The van der Waals surface area contributed by atoms with E-state index in [0.29, 0.717) is 19.3 Å². The fraction of sp³-hybridized carbons (Fsp3) is 0.647. The molecule has 0 aliphatic carbocycles. The van der Waals surface area contributed by atoms with Crippen LogP contribution in [0, 0.1) is 0 Å². The van der Waals surface area contributed by atoms with Gasteiger partial charge in [0.05, 0.1) is 19.8 Å². The molecule has 1 rings (SSSR count). The van der Waals surface area contributed by atoms with E-state index >= 15 is 0 Å². The summed E-state index contributed by atoms with van der Waals surface area (Å²) in [7, 11) is 1.69. The van der Waals surface area contributed by atoms with E-state index in [0.717, 1.165) is 19.6 Å². The summed E-state index contributed by atoms with van der Waals surface area (Å²) in [6.45, 7) is 9.79. The summed E-state index contributed by atoms with van der Waals surface area (Å²) in [4.78, 5) is 0. The third-order valence-electron chi connectivity index (χ3n) is 3.54. The van der Waals surface area contributed by atoms with Crippen molar-refractivity contribution in [1.82, 2.24) is 5.32 Å². The molecule has 1 aromatic carbocycles. The van der Waals surface area contributed by atoms with Crippen molar-refractivity contribution in [2.45, 2.75) is 38.6 Å². The smallest absolute Gasteiger partial charge is 0.0700 e. The third kappa shape index (κ3) is 6.51. The molecule has 3 heteroatoms. The molecule has 0 bridgehead atoms. The molecule has 1 N–H and O–H groups in total. The molecule has 3 nitrogen and oxygen atoms in total. The van der Waals surface area contributed by atoms with Crippen molar-refractivity contribution in [3.05, 3.63) is 35.9 Å². The maximum Gasteiger partial charge on any atom is 0.0700 e.